The molecule has 0 saturated carbocycles. The standard InChI is InChI=1S/C8H9ClO3.C8H9N3O3.C8H11NO3.CH3F.CH4.FH.IO3.N3.2Na.H2/c1-2-11-8(10)7-4-3-6(5-9)12-7;1-2-13-8(12)7-4-3-6(14-7)5-10-11-9;1-2-11-8(10)7-4-3-6(5-9)12-7;1-2;;;2-1(3)4;1-3-2;;;/h3-4H,2,5H2,1H3;3-4H,2,5H2,1H3;3-4H,2,5,9H2,1H3;1H3;1H4;1H;;;;;1H/q;;;;;;2*-1;2*+1;/i/hD. The van der Waals surface area contributed by atoms with Crippen LogP contribution >= 0.6 is 11.6 Å². The maximum absolute atomic E-state index is 11.1. The van der Waals surface area contributed by atoms with Gasteiger partial charge in [0.1, 0.15) is 17.3 Å². The maximum Gasteiger partial charge on any atom is 1.00 e. The topological polar surface area (TPSA) is 321 Å². The van der Waals surface area contributed by atoms with Crippen LogP contribution in [0.5, 0.6) is 0 Å². The molecule has 19 nitrogen and oxygen atoms in total. The largest absolute Gasteiger partial charge is 1.00 e. The molecular formula is C26H39ClF2IN7Na2O12. The van der Waals surface area contributed by atoms with Crippen LogP contribution in [0.3, 0.4) is 0 Å². The molecule has 280 valence electrons. The fourth-order valence-electron chi connectivity index (χ4n) is 2.44. The van der Waals surface area contributed by atoms with Crippen LogP contribution in [0, 0.1) is 0 Å². The van der Waals surface area contributed by atoms with Crippen LogP contribution in [0.15, 0.2) is 54.8 Å². The Kier molecular flexibility index (Phi) is 52.0. The van der Waals surface area contributed by atoms with Crippen molar-refractivity contribution in [3.8, 4) is 0 Å². The van der Waals surface area contributed by atoms with E-state index in [1.165, 1.54) is 11.0 Å². The van der Waals surface area contributed by atoms with Gasteiger partial charge >= 0.3 is 77.0 Å². The molecule has 0 bridgehead atoms. The van der Waals surface area contributed by atoms with Gasteiger partial charge in [-0.15, -0.1) is 11.6 Å². The maximum atomic E-state index is 11.1. The number of azide groups is 1. The van der Waals surface area contributed by atoms with Gasteiger partial charge in [-0.05, 0) is 62.7 Å². The molecule has 25 heteroatoms. The SMILES string of the molecule is C.CCOC(=O)c1ccc(CCl)o1.CCOC(=O)c1ccc(CN)o1.CCOC(=O)c1ccc(CN=[N+]=[N-])o1.CF.[2H]F.[HH].[N-]=[N+]=[N-].[Na+].[Na+].[O-][I+2]([O-])[O-]. The Morgan fingerprint density at radius 2 is 1.14 bits per heavy atom. The van der Waals surface area contributed by atoms with Gasteiger partial charge in [0, 0.05) is 6.34 Å². The van der Waals surface area contributed by atoms with E-state index in [1.807, 2.05) is 0 Å². The van der Waals surface area contributed by atoms with Crippen LogP contribution in [-0.4, -0.2) is 46.4 Å². The van der Waals surface area contributed by atoms with Crippen molar-refractivity contribution in [1.29, 1.82) is 1.45 Å². The third-order valence-corrected chi connectivity index (χ3v) is 4.30. The zero-order chi connectivity index (χ0) is 38.6. The number of ether oxygens (including phenoxy) is 3. The summed E-state index contributed by atoms with van der Waals surface area (Å²) in [5, 5.41) is 3.30. The van der Waals surface area contributed by atoms with Crippen molar-refractivity contribution < 1.29 is 143 Å². The molecule has 51 heavy (non-hydrogen) atoms. The molecule has 0 atom stereocenters. The van der Waals surface area contributed by atoms with Gasteiger partial charge in [0.05, 0.1) is 46.0 Å². The molecule has 0 amide bonds. The fourth-order valence-corrected chi connectivity index (χ4v) is 2.58. The van der Waals surface area contributed by atoms with E-state index < -0.39 is 39.0 Å². The van der Waals surface area contributed by atoms with Crippen LogP contribution in [-0.2, 0) is 33.2 Å². The second kappa shape index (κ2) is 43.8. The van der Waals surface area contributed by atoms with E-state index in [1.54, 1.807) is 51.1 Å². The summed E-state index contributed by atoms with van der Waals surface area (Å²) in [6.07, 6.45) is 0. The third kappa shape index (κ3) is 34.4. The summed E-state index contributed by atoms with van der Waals surface area (Å²) in [5.74, 6) is 0.966. The molecule has 0 unspecified atom stereocenters. The number of alkyl halides is 2. The minimum atomic E-state index is -4.01. The summed E-state index contributed by atoms with van der Waals surface area (Å²) in [4.78, 5) is 37.2. The van der Waals surface area contributed by atoms with Gasteiger partial charge in [-0.3, -0.25) is 14.0 Å². The Morgan fingerprint density at radius 3 is 1.39 bits per heavy atom. The average Bonchev–Trinajstić information content (AvgIpc) is 3.88. The molecule has 0 saturated heterocycles. The van der Waals surface area contributed by atoms with Crippen molar-refractivity contribution in [1.82, 2.24) is 0 Å². The molecule has 0 fully saturated rings. The van der Waals surface area contributed by atoms with Gasteiger partial charge < -0.3 is 54.6 Å². The molecule has 0 aliphatic carbocycles. The number of furan rings is 3. The predicted octanol–water partition coefficient (Wildman–Crippen LogP) is -4.69. The Morgan fingerprint density at radius 1 is 0.843 bits per heavy atom. The first-order valence-corrected chi connectivity index (χ1v) is 15.8. The van der Waals surface area contributed by atoms with Gasteiger partial charge in [0.15, 0.2) is 0 Å². The first kappa shape index (κ1) is 60.7. The summed E-state index contributed by atoms with van der Waals surface area (Å²) in [5.41, 5.74) is 26.8. The Labute approximate surface area is 353 Å². The molecule has 0 aromatic carbocycles. The zero-order valence-electron chi connectivity index (χ0n) is 28.9. The molecule has 0 spiro atoms. The van der Waals surface area contributed by atoms with E-state index >= 15 is 0 Å². The normalized spacial score (nSPS) is 8.27. The molecule has 0 aliphatic heterocycles. The zero-order valence-corrected chi connectivity index (χ0v) is 34.8. The molecule has 3 heterocycles. The molecule has 0 aliphatic rings. The van der Waals surface area contributed by atoms with Crippen molar-refractivity contribution in [3.05, 3.63) is 97.4 Å². The summed E-state index contributed by atoms with van der Waals surface area (Å²) < 4.78 is 77.5. The number of nitrogens with zero attached hydrogens (tertiary/aromatic N) is 6. The van der Waals surface area contributed by atoms with Crippen molar-refractivity contribution in [2.24, 2.45) is 10.8 Å². The van der Waals surface area contributed by atoms with Crippen molar-refractivity contribution >= 4 is 29.5 Å². The number of hydrogen-bond acceptors (Lipinski definition) is 14. The van der Waals surface area contributed by atoms with Gasteiger partial charge in [0.25, 0.3) is 22.5 Å². The van der Waals surface area contributed by atoms with E-state index in [4.69, 9.17) is 76.4 Å². The van der Waals surface area contributed by atoms with E-state index in [-0.39, 0.29) is 97.7 Å². The quantitative estimate of drug-likeness (QED) is 0.0293. The van der Waals surface area contributed by atoms with Crippen LogP contribution < -0.4 is 96.2 Å². The molecule has 3 rings (SSSR count). The summed E-state index contributed by atoms with van der Waals surface area (Å²) in [6, 6.07) is 9.47. The van der Waals surface area contributed by atoms with Crippen LogP contribution in [0.25, 0.3) is 26.4 Å². The summed E-state index contributed by atoms with van der Waals surface area (Å²) >= 11 is 1.46. The minimum absolute atomic E-state index is 0. The van der Waals surface area contributed by atoms with Crippen LogP contribution in [0.1, 0.15) is 78.6 Å². The Hall–Kier alpha value is -2.41. The number of hydrogen-bond donors (Lipinski definition) is 1. The first-order valence-electron chi connectivity index (χ1n) is 13.0. The molecular weight excluding hydrogens is 849 g/mol. The van der Waals surface area contributed by atoms with Gasteiger partial charge in [-0.1, -0.05) is 12.5 Å². The van der Waals surface area contributed by atoms with E-state index in [2.05, 4.69) is 11.5 Å². The molecule has 0 radical (unpaired) electrons. The predicted molar refractivity (Wildman–Crippen MR) is 163 cm³/mol. The van der Waals surface area contributed by atoms with Crippen LogP contribution in [0.2, 0.25) is 0 Å². The minimum Gasteiger partial charge on any atom is -0.460 e. The number of carbonyl (C=O) groups excluding carboxylic acids is 3. The van der Waals surface area contributed by atoms with Gasteiger partial charge in [0.2, 0.25) is 17.3 Å². The number of rotatable bonds is 10. The smallest absolute Gasteiger partial charge is 0.460 e. The number of esters is 3. The van der Waals surface area contributed by atoms with E-state index in [9.17, 15) is 18.8 Å². The van der Waals surface area contributed by atoms with Crippen molar-refractivity contribution in [3.63, 3.8) is 0 Å². The van der Waals surface area contributed by atoms with E-state index in [0.29, 0.717) is 50.8 Å². The van der Waals surface area contributed by atoms with E-state index in [0.717, 1.165) is 0 Å². The second-order valence-corrected chi connectivity index (χ2v) is 8.31. The molecule has 2 N–H and O–H groups in total. The average molecular weight is 889 g/mol. The fraction of sp³-hybridized carbons (Fsp3) is 0.423. The molecule has 3 aromatic rings. The summed E-state index contributed by atoms with van der Waals surface area (Å²) in [6.45, 7) is 6.56. The number of nitrogens with two attached hydrogens (primary N) is 1. The Bertz CT molecular complexity index is 1330. The van der Waals surface area contributed by atoms with Gasteiger partial charge in [-0.2, -0.15) is 0 Å². The number of carbonyl (C=O) groups is 3. The first-order chi connectivity index (χ1) is 23.5. The number of halogens is 4. The van der Waals surface area contributed by atoms with Crippen molar-refractivity contribution in [2.45, 2.75) is 47.2 Å². The Balaban J connectivity index is -0.0000000814. The summed E-state index contributed by atoms with van der Waals surface area (Å²) in [7, 11) is 0.500. The van der Waals surface area contributed by atoms with Gasteiger partial charge in [-0.25, -0.2) is 14.4 Å². The second-order valence-electron chi connectivity index (χ2n) is 6.96. The molecule has 3 aromatic heterocycles. The van der Waals surface area contributed by atoms with Crippen molar-refractivity contribution in [2.75, 3.05) is 27.0 Å². The third-order valence-electron chi connectivity index (χ3n) is 4.04. The monoisotopic (exact) mass is 888 g/mol. The van der Waals surface area contributed by atoms with Crippen LogP contribution in [0.4, 0.5) is 9.11 Å².